The maximum Gasteiger partial charge on any atom is 0.214 e. The van der Waals surface area contributed by atoms with Crippen molar-refractivity contribution in [1.82, 2.24) is 4.72 Å². The molecule has 0 radical (unpaired) electrons. The Kier molecular flexibility index (Phi) is 6.79. The highest BCUT2D eigenvalue weighted by Gasteiger charge is 2.18. The summed E-state index contributed by atoms with van der Waals surface area (Å²) in [7, 11) is -3.40. The van der Waals surface area contributed by atoms with Gasteiger partial charge < -0.3 is 4.74 Å². The molecule has 0 bridgehead atoms. The quantitative estimate of drug-likeness (QED) is 0.750. The molecule has 1 N–H and O–H groups in total. The van der Waals surface area contributed by atoms with E-state index in [0.717, 1.165) is 5.56 Å². The molecule has 4 nitrogen and oxygen atoms in total. The third-order valence-corrected chi connectivity index (χ3v) is 4.14. The first-order valence-corrected chi connectivity index (χ1v) is 8.36. The van der Waals surface area contributed by atoms with Crippen molar-refractivity contribution >= 4 is 21.6 Å². The van der Waals surface area contributed by atoms with Crippen molar-refractivity contribution in [2.24, 2.45) is 0 Å². The van der Waals surface area contributed by atoms with Crippen molar-refractivity contribution in [3.05, 3.63) is 35.9 Å². The van der Waals surface area contributed by atoms with Gasteiger partial charge in [-0.2, -0.15) is 0 Å². The average Bonchev–Trinajstić information content (AvgIpc) is 2.36. The van der Waals surface area contributed by atoms with Gasteiger partial charge >= 0.3 is 0 Å². The van der Waals surface area contributed by atoms with Crippen molar-refractivity contribution in [1.29, 1.82) is 0 Å². The minimum Gasteiger partial charge on any atom is -0.378 e. The van der Waals surface area contributed by atoms with Crippen molar-refractivity contribution in [3.63, 3.8) is 0 Å². The fraction of sp³-hybridized carbons (Fsp3) is 0.538. The van der Waals surface area contributed by atoms with Crippen LogP contribution in [-0.2, 0) is 14.8 Å². The minimum absolute atomic E-state index is 0.0214. The first-order valence-electron chi connectivity index (χ1n) is 6.17. The summed E-state index contributed by atoms with van der Waals surface area (Å²) in [4.78, 5) is 0. The summed E-state index contributed by atoms with van der Waals surface area (Å²) in [6.45, 7) is 3.91. The highest BCUT2D eigenvalue weighted by atomic mass is 35.5. The van der Waals surface area contributed by atoms with E-state index in [1.165, 1.54) is 0 Å². The maximum atomic E-state index is 11.9. The zero-order valence-electron chi connectivity index (χ0n) is 11.2. The van der Waals surface area contributed by atoms with E-state index in [-0.39, 0.29) is 24.3 Å². The van der Waals surface area contributed by atoms with Gasteiger partial charge in [0.25, 0.3) is 0 Å². The maximum absolute atomic E-state index is 11.9. The molecule has 1 rings (SSSR count). The number of sulfonamides is 1. The third kappa shape index (κ3) is 6.38. The smallest absolute Gasteiger partial charge is 0.214 e. The van der Waals surface area contributed by atoms with Crippen LogP contribution in [0.5, 0.6) is 0 Å². The number of hydrogen-bond acceptors (Lipinski definition) is 3. The molecule has 0 aromatic heterocycles. The van der Waals surface area contributed by atoms with Gasteiger partial charge in [0.2, 0.25) is 10.0 Å². The first kappa shape index (κ1) is 16.4. The van der Waals surface area contributed by atoms with Gasteiger partial charge in [-0.15, -0.1) is 11.6 Å². The Bertz CT molecular complexity index is 462. The molecule has 0 aliphatic heterocycles. The number of halogens is 1. The third-order valence-electron chi connectivity index (χ3n) is 2.48. The molecule has 0 aliphatic carbocycles. The number of alkyl halides is 1. The van der Waals surface area contributed by atoms with Gasteiger partial charge in [-0.3, -0.25) is 0 Å². The lowest BCUT2D eigenvalue weighted by Crippen LogP contribution is -2.33. The van der Waals surface area contributed by atoms with E-state index in [9.17, 15) is 8.42 Å². The lowest BCUT2D eigenvalue weighted by molar-refractivity contribution is 0.0911. The Morgan fingerprint density at radius 2 is 1.89 bits per heavy atom. The molecule has 0 spiro atoms. The fourth-order valence-electron chi connectivity index (χ4n) is 1.54. The van der Waals surface area contributed by atoms with E-state index in [2.05, 4.69) is 4.72 Å². The molecule has 1 atom stereocenters. The molecule has 1 aromatic rings. The van der Waals surface area contributed by atoms with Gasteiger partial charge in [0.15, 0.2) is 0 Å². The number of hydrogen-bond donors (Lipinski definition) is 1. The predicted octanol–water partition coefficient (Wildman–Crippen LogP) is 2.31. The number of nitrogens with one attached hydrogen (secondary N) is 1. The summed E-state index contributed by atoms with van der Waals surface area (Å²) >= 11 is 5.83. The van der Waals surface area contributed by atoms with Gasteiger partial charge in [-0.05, 0) is 19.4 Å². The van der Waals surface area contributed by atoms with Crippen LogP contribution < -0.4 is 4.72 Å². The monoisotopic (exact) mass is 305 g/mol. The second-order valence-corrected chi connectivity index (χ2v) is 6.66. The summed E-state index contributed by atoms with van der Waals surface area (Å²) in [6.07, 6.45) is 0.0214. The van der Waals surface area contributed by atoms with Crippen molar-refractivity contribution < 1.29 is 13.2 Å². The second-order valence-electron chi connectivity index (χ2n) is 4.47. The topological polar surface area (TPSA) is 55.4 Å². The van der Waals surface area contributed by atoms with E-state index in [4.69, 9.17) is 16.3 Å². The molecule has 1 unspecified atom stereocenters. The second kappa shape index (κ2) is 7.85. The van der Waals surface area contributed by atoms with Gasteiger partial charge in [0.1, 0.15) is 0 Å². The lowest BCUT2D eigenvalue weighted by Gasteiger charge is -2.17. The molecule has 19 heavy (non-hydrogen) atoms. The Labute approximate surface area is 120 Å². The molecular formula is C13H20ClNO3S. The van der Waals surface area contributed by atoms with Crippen molar-refractivity contribution in [2.75, 3.05) is 18.2 Å². The van der Waals surface area contributed by atoms with E-state index < -0.39 is 16.1 Å². The molecule has 0 amide bonds. The summed E-state index contributed by atoms with van der Waals surface area (Å²) < 4.78 is 31.6. The van der Waals surface area contributed by atoms with Gasteiger partial charge in [0, 0.05) is 5.88 Å². The molecular weight excluding hydrogens is 286 g/mol. The summed E-state index contributed by atoms with van der Waals surface area (Å²) in [5.41, 5.74) is 0.853. The molecule has 1 aromatic carbocycles. The van der Waals surface area contributed by atoms with Crippen molar-refractivity contribution in [3.8, 4) is 0 Å². The lowest BCUT2D eigenvalue weighted by atomic mass is 10.1. The minimum atomic E-state index is -3.40. The highest BCUT2D eigenvalue weighted by molar-refractivity contribution is 7.89. The van der Waals surface area contributed by atoms with Crippen LogP contribution in [0.1, 0.15) is 25.5 Å². The Morgan fingerprint density at radius 1 is 1.26 bits per heavy atom. The van der Waals surface area contributed by atoms with E-state index in [1.807, 2.05) is 44.2 Å². The first-order chi connectivity index (χ1) is 8.94. The molecule has 0 fully saturated rings. The van der Waals surface area contributed by atoms with Crippen molar-refractivity contribution in [2.45, 2.75) is 26.0 Å². The molecule has 6 heteroatoms. The van der Waals surface area contributed by atoms with E-state index >= 15 is 0 Å². The fourth-order valence-corrected chi connectivity index (χ4v) is 2.98. The van der Waals surface area contributed by atoms with Crippen LogP contribution in [-0.4, -0.2) is 32.8 Å². The van der Waals surface area contributed by atoms with Gasteiger partial charge in [-0.25, -0.2) is 13.1 Å². The van der Waals surface area contributed by atoms with E-state index in [0.29, 0.717) is 0 Å². The zero-order chi connectivity index (χ0) is 14.3. The molecule has 0 saturated heterocycles. The summed E-state index contributed by atoms with van der Waals surface area (Å²) in [5.74, 6) is 0.125. The van der Waals surface area contributed by atoms with Gasteiger partial charge in [0.05, 0.1) is 24.5 Å². The Balaban J connectivity index is 2.60. The van der Waals surface area contributed by atoms with Crippen LogP contribution in [0, 0.1) is 0 Å². The Morgan fingerprint density at radius 3 is 2.42 bits per heavy atom. The van der Waals surface area contributed by atoms with Gasteiger partial charge in [-0.1, -0.05) is 30.3 Å². The summed E-state index contributed by atoms with van der Waals surface area (Å²) in [5, 5.41) is 0. The normalized spacial score (nSPS) is 13.7. The number of rotatable bonds is 8. The Hall–Kier alpha value is -0.620. The standard InChI is InChI=1S/C13H20ClNO3S/c1-11(2)18-8-9-19(16,17)15-13(10-14)12-6-4-3-5-7-12/h3-7,11,13,15H,8-10H2,1-2H3. The molecule has 108 valence electrons. The van der Waals surface area contributed by atoms with Crippen LogP contribution in [0.25, 0.3) is 0 Å². The highest BCUT2D eigenvalue weighted by Crippen LogP contribution is 2.15. The zero-order valence-corrected chi connectivity index (χ0v) is 12.7. The van der Waals surface area contributed by atoms with Crippen LogP contribution in [0.2, 0.25) is 0 Å². The van der Waals surface area contributed by atoms with Crippen LogP contribution in [0.3, 0.4) is 0 Å². The molecule has 0 heterocycles. The van der Waals surface area contributed by atoms with Crippen LogP contribution >= 0.6 is 11.6 Å². The predicted molar refractivity (Wildman–Crippen MR) is 77.9 cm³/mol. The number of benzene rings is 1. The number of ether oxygens (including phenoxy) is 1. The largest absolute Gasteiger partial charge is 0.378 e. The summed E-state index contributed by atoms with van der Waals surface area (Å²) in [6, 6.07) is 8.86. The van der Waals surface area contributed by atoms with Crippen LogP contribution in [0.15, 0.2) is 30.3 Å². The van der Waals surface area contributed by atoms with Crippen LogP contribution in [0.4, 0.5) is 0 Å². The molecule has 0 saturated carbocycles. The molecule has 0 aliphatic rings. The average molecular weight is 306 g/mol. The SMILES string of the molecule is CC(C)OCCS(=O)(=O)NC(CCl)c1ccccc1. The van der Waals surface area contributed by atoms with E-state index in [1.54, 1.807) is 0 Å².